The minimum absolute atomic E-state index is 1.15. The van der Waals surface area contributed by atoms with E-state index in [9.17, 15) is 0 Å². The molecule has 0 amide bonds. The van der Waals surface area contributed by atoms with Gasteiger partial charge >= 0.3 is 44.7 Å². The Morgan fingerprint density at radius 3 is 1.33 bits per heavy atom. The van der Waals surface area contributed by atoms with Crippen molar-refractivity contribution in [2.45, 2.75) is 25.9 Å². The molecule has 0 aliphatic rings. The average Bonchev–Trinajstić information content (AvgIpc) is 1.35. The second kappa shape index (κ2) is 2.21. The van der Waals surface area contributed by atoms with Gasteiger partial charge in [0.2, 0.25) is 0 Å². The Morgan fingerprint density at radius 2 is 1.33 bits per heavy atom. The van der Waals surface area contributed by atoms with E-state index in [1.54, 1.807) is 0 Å². The monoisotopic (exact) mass is 195 g/mol. The van der Waals surface area contributed by atoms with Crippen molar-refractivity contribution in [2.75, 3.05) is 0 Å². The summed E-state index contributed by atoms with van der Waals surface area (Å²) in [6.07, 6.45) is 0. The van der Waals surface area contributed by atoms with Crippen LogP contribution in [-0.2, 0) is 0 Å². The van der Waals surface area contributed by atoms with Gasteiger partial charge < -0.3 is 0 Å². The predicted octanol–water partition coefficient (Wildman–Crippen LogP) is 2.34. The number of hydrogen-bond acceptors (Lipinski definition) is 0. The van der Waals surface area contributed by atoms with Crippen molar-refractivity contribution < 1.29 is 0 Å². The zero-order chi connectivity index (χ0) is 5.21. The molecule has 0 aliphatic carbocycles. The van der Waals surface area contributed by atoms with Crippen molar-refractivity contribution >= 4 is 18.8 Å². The van der Waals surface area contributed by atoms with Crippen molar-refractivity contribution in [3.8, 4) is 0 Å². The molecule has 1 heteroatoms. The predicted molar refractivity (Wildman–Crippen MR) is 33.8 cm³/mol. The van der Waals surface area contributed by atoms with Gasteiger partial charge in [-0.3, -0.25) is 0 Å². The summed E-state index contributed by atoms with van der Waals surface area (Å²) in [5.41, 5.74) is 0. The zero-order valence-corrected chi connectivity index (χ0v) is 7.71. The first-order valence-electron chi connectivity index (χ1n) is 2.36. The molecule has 38 valence electrons. The molecule has 0 rings (SSSR count). The van der Waals surface area contributed by atoms with E-state index in [1.807, 2.05) is 0 Å². The van der Waals surface area contributed by atoms with Crippen LogP contribution in [0.15, 0.2) is 0 Å². The molecule has 0 heterocycles. The van der Waals surface area contributed by atoms with E-state index in [4.69, 9.17) is 0 Å². The zero-order valence-electron chi connectivity index (χ0n) is 5.15. The average molecular weight is 196 g/mol. The molecular weight excluding hydrogens is 182 g/mol. The Labute approximate surface area is 44.9 Å². The van der Waals surface area contributed by atoms with Crippen LogP contribution in [0.3, 0.4) is 0 Å². The Kier molecular flexibility index (Phi) is 2.51. The molecule has 0 aliphatic heterocycles. The van der Waals surface area contributed by atoms with E-state index in [0.717, 1.165) is 0 Å². The normalized spacial score (nSPS) is 12.0. The van der Waals surface area contributed by atoms with Crippen LogP contribution >= 0.6 is 0 Å². The van der Waals surface area contributed by atoms with Crippen LogP contribution in [0.25, 0.3) is 0 Å². The van der Waals surface area contributed by atoms with E-state index in [2.05, 4.69) is 21.5 Å². The van der Waals surface area contributed by atoms with Gasteiger partial charge in [0.05, 0.1) is 0 Å². The molecule has 0 saturated heterocycles. The molecule has 0 spiro atoms. The maximum atomic E-state index is 2.44. The first-order chi connectivity index (χ1) is 2.56. The fraction of sp³-hybridized carbons (Fsp3) is 1.00. The first kappa shape index (κ1) is 6.82. The van der Waals surface area contributed by atoms with Gasteiger partial charge in [-0.05, 0) is 0 Å². The van der Waals surface area contributed by atoms with Gasteiger partial charge in [0, 0.05) is 0 Å². The van der Waals surface area contributed by atoms with Crippen molar-refractivity contribution in [1.29, 1.82) is 0 Å². The number of rotatable bonds is 1. The fourth-order valence-corrected chi connectivity index (χ4v) is 0. The molecule has 0 atom stereocenters. The van der Waals surface area contributed by atoms with Crippen molar-refractivity contribution in [3.63, 3.8) is 0 Å². The van der Waals surface area contributed by atoms with Crippen LogP contribution in [-0.4, -0.2) is 18.8 Å². The fourth-order valence-electron chi connectivity index (χ4n) is 0. The SMILES string of the molecule is C[CH2][Sb+]([CH3])([CH3])[CH3]. The Bertz CT molecular complexity index is 33.7. The van der Waals surface area contributed by atoms with E-state index in [0.29, 0.717) is 0 Å². The Morgan fingerprint density at radius 1 is 1.17 bits per heavy atom. The second-order valence-electron chi connectivity index (χ2n) is 2.61. The van der Waals surface area contributed by atoms with Crippen LogP contribution in [0.4, 0.5) is 0 Å². The molecule has 0 nitrogen and oxygen atoms in total. The summed E-state index contributed by atoms with van der Waals surface area (Å²) in [5, 5.41) is 0. The van der Waals surface area contributed by atoms with E-state index >= 15 is 0 Å². The van der Waals surface area contributed by atoms with Crippen molar-refractivity contribution in [3.05, 3.63) is 0 Å². The summed E-state index contributed by atoms with van der Waals surface area (Å²) in [5.74, 6) is 0. The standard InChI is InChI=1S/C2H5.3CH3.Sb/c1-2;;;;/h1H2,2H3;3*1H3;/q;;;;+1. The number of hydrogen-bond donors (Lipinski definition) is 0. The Balaban J connectivity index is 3.17. The van der Waals surface area contributed by atoms with Gasteiger partial charge in [-0.1, -0.05) is 0 Å². The second-order valence-corrected chi connectivity index (χ2v) is 17.5. The van der Waals surface area contributed by atoms with Gasteiger partial charge in [0.15, 0.2) is 0 Å². The molecular formula is C5H14Sb+. The van der Waals surface area contributed by atoms with Crippen LogP contribution in [0.2, 0.25) is 19.0 Å². The third-order valence-electron chi connectivity index (χ3n) is 0.949. The van der Waals surface area contributed by atoms with E-state index < -0.39 is 18.8 Å². The molecule has 0 saturated carbocycles. The maximum absolute atomic E-state index is 2.44. The summed E-state index contributed by atoms with van der Waals surface area (Å²) in [7, 11) is 0. The van der Waals surface area contributed by atoms with Crippen molar-refractivity contribution in [2.24, 2.45) is 0 Å². The molecule has 0 N–H and O–H groups in total. The van der Waals surface area contributed by atoms with Crippen LogP contribution in [0.1, 0.15) is 6.92 Å². The summed E-state index contributed by atoms with van der Waals surface area (Å²) in [4.78, 5) is 7.33. The summed E-state index contributed by atoms with van der Waals surface area (Å²) in [6.45, 7) is 2.30. The third kappa shape index (κ3) is 4.82. The van der Waals surface area contributed by atoms with Gasteiger partial charge in [-0.25, -0.2) is 0 Å². The quantitative estimate of drug-likeness (QED) is 0.564. The van der Waals surface area contributed by atoms with Gasteiger partial charge in [0.1, 0.15) is 0 Å². The van der Waals surface area contributed by atoms with E-state index in [-0.39, 0.29) is 0 Å². The van der Waals surface area contributed by atoms with E-state index in [1.165, 1.54) is 4.37 Å². The third-order valence-corrected chi connectivity index (χ3v) is 6.36. The Hall–Kier alpha value is 0.818. The molecule has 0 aromatic carbocycles. The minimum atomic E-state index is -1.15. The summed E-state index contributed by atoms with van der Waals surface area (Å²) >= 11 is -1.15. The molecule has 0 radical (unpaired) electrons. The van der Waals surface area contributed by atoms with Crippen LogP contribution < -0.4 is 0 Å². The van der Waals surface area contributed by atoms with Crippen LogP contribution in [0.5, 0.6) is 0 Å². The topological polar surface area (TPSA) is 0 Å². The molecule has 0 aromatic heterocycles. The molecule has 0 aromatic rings. The van der Waals surface area contributed by atoms with Crippen LogP contribution in [0, 0.1) is 0 Å². The summed E-state index contributed by atoms with van der Waals surface area (Å²) < 4.78 is 1.47. The molecule has 6 heavy (non-hydrogen) atoms. The van der Waals surface area contributed by atoms with Crippen molar-refractivity contribution in [1.82, 2.24) is 0 Å². The summed E-state index contributed by atoms with van der Waals surface area (Å²) in [6, 6.07) is 0. The first-order valence-corrected chi connectivity index (χ1v) is 11.8. The van der Waals surface area contributed by atoms with Gasteiger partial charge in [-0.15, -0.1) is 0 Å². The molecule has 0 unspecified atom stereocenters. The molecule has 0 fully saturated rings. The van der Waals surface area contributed by atoms with Gasteiger partial charge in [-0.2, -0.15) is 0 Å². The van der Waals surface area contributed by atoms with Gasteiger partial charge in [0.25, 0.3) is 0 Å². The molecule has 0 bridgehead atoms.